The lowest BCUT2D eigenvalue weighted by atomic mass is 10.1. The zero-order chi connectivity index (χ0) is 17.4. The number of sulfone groups is 1. The van der Waals surface area contributed by atoms with Crippen LogP contribution in [-0.2, 0) is 21.1 Å². The second kappa shape index (κ2) is 8.49. The molecule has 1 N–H and O–H groups in total. The molecule has 24 heavy (non-hydrogen) atoms. The minimum Gasteiger partial charge on any atom is -0.497 e. The van der Waals surface area contributed by atoms with Crippen LogP contribution in [0.15, 0.2) is 54.6 Å². The molecule has 0 aliphatic heterocycles. The van der Waals surface area contributed by atoms with Crippen LogP contribution in [0.4, 0.5) is 5.69 Å². The van der Waals surface area contributed by atoms with E-state index in [-0.39, 0.29) is 5.75 Å². The van der Waals surface area contributed by atoms with Gasteiger partial charge in [-0.15, -0.1) is 0 Å². The van der Waals surface area contributed by atoms with Crippen molar-refractivity contribution in [3.8, 4) is 5.75 Å². The average molecular weight is 347 g/mol. The number of hydrogen-bond acceptors (Lipinski definition) is 4. The Bertz CT molecular complexity index is 773. The Balaban J connectivity index is 1.83. The van der Waals surface area contributed by atoms with Crippen molar-refractivity contribution < 1.29 is 17.9 Å². The van der Waals surface area contributed by atoms with Gasteiger partial charge in [-0.1, -0.05) is 36.4 Å². The number of aryl methyl sites for hydroxylation is 1. The van der Waals surface area contributed by atoms with Gasteiger partial charge in [0.2, 0.25) is 5.91 Å². The number of ether oxygens (including phenoxy) is 1. The Hall–Kier alpha value is -2.34. The fraction of sp³-hybridized carbons (Fsp3) is 0.278. The summed E-state index contributed by atoms with van der Waals surface area (Å²) >= 11 is 0. The number of hydrogen-bond donors (Lipinski definition) is 1. The van der Waals surface area contributed by atoms with E-state index in [4.69, 9.17) is 4.74 Å². The fourth-order valence-corrected chi connectivity index (χ4v) is 3.51. The standard InChI is InChI=1S/C18H21NO4S/c1-23-17-11-5-10-16(13-17)19-18(20)14-24(21,22)12-6-9-15-7-3-2-4-8-15/h2-5,7-8,10-11,13H,6,9,12,14H2,1H3,(H,19,20). The normalized spacial score (nSPS) is 11.0. The van der Waals surface area contributed by atoms with Crippen LogP contribution in [0.3, 0.4) is 0 Å². The second-order valence-corrected chi connectivity index (χ2v) is 7.65. The molecule has 0 radical (unpaired) electrons. The third-order valence-corrected chi connectivity index (χ3v) is 5.08. The third kappa shape index (κ3) is 6.04. The van der Waals surface area contributed by atoms with Crippen molar-refractivity contribution in [3.63, 3.8) is 0 Å². The first-order valence-electron chi connectivity index (χ1n) is 7.67. The SMILES string of the molecule is COc1cccc(NC(=O)CS(=O)(=O)CCCc2ccccc2)c1. The number of carbonyl (C=O) groups excluding carboxylic acids is 1. The Labute approximate surface area is 142 Å². The van der Waals surface area contributed by atoms with Gasteiger partial charge in [0.25, 0.3) is 0 Å². The molecule has 2 rings (SSSR count). The van der Waals surface area contributed by atoms with Gasteiger partial charge in [-0.25, -0.2) is 8.42 Å². The van der Waals surface area contributed by atoms with Crippen molar-refractivity contribution in [1.29, 1.82) is 0 Å². The molecule has 1 amide bonds. The van der Waals surface area contributed by atoms with Gasteiger partial charge >= 0.3 is 0 Å². The van der Waals surface area contributed by atoms with E-state index in [2.05, 4.69) is 5.32 Å². The highest BCUT2D eigenvalue weighted by Crippen LogP contribution is 2.16. The highest BCUT2D eigenvalue weighted by Gasteiger charge is 2.16. The first kappa shape index (κ1) is 18.0. The molecule has 5 nitrogen and oxygen atoms in total. The van der Waals surface area contributed by atoms with E-state index >= 15 is 0 Å². The molecule has 0 fully saturated rings. The van der Waals surface area contributed by atoms with Crippen LogP contribution in [0.5, 0.6) is 5.75 Å². The summed E-state index contributed by atoms with van der Waals surface area (Å²) in [5, 5.41) is 2.58. The molecule has 0 aliphatic carbocycles. The van der Waals surface area contributed by atoms with E-state index in [9.17, 15) is 13.2 Å². The largest absolute Gasteiger partial charge is 0.497 e. The first-order chi connectivity index (χ1) is 11.5. The number of anilines is 1. The lowest BCUT2D eigenvalue weighted by Crippen LogP contribution is -2.24. The number of nitrogens with one attached hydrogen (secondary N) is 1. The van der Waals surface area contributed by atoms with E-state index in [1.54, 1.807) is 24.3 Å². The Morgan fingerprint density at radius 3 is 2.54 bits per heavy atom. The summed E-state index contributed by atoms with van der Waals surface area (Å²) in [6.45, 7) is 0. The molecule has 0 heterocycles. The summed E-state index contributed by atoms with van der Waals surface area (Å²) in [5.41, 5.74) is 1.60. The minimum atomic E-state index is -3.43. The maximum Gasteiger partial charge on any atom is 0.239 e. The molecule has 0 spiro atoms. The molecule has 2 aromatic rings. The molecule has 0 saturated carbocycles. The zero-order valence-electron chi connectivity index (χ0n) is 13.6. The predicted molar refractivity (Wildman–Crippen MR) is 95.0 cm³/mol. The van der Waals surface area contributed by atoms with Crippen LogP contribution < -0.4 is 10.1 Å². The lowest BCUT2D eigenvalue weighted by Gasteiger charge is -2.08. The van der Waals surface area contributed by atoms with Gasteiger partial charge < -0.3 is 10.1 Å². The molecular formula is C18H21NO4S. The van der Waals surface area contributed by atoms with Crippen molar-refractivity contribution in [2.24, 2.45) is 0 Å². The highest BCUT2D eigenvalue weighted by atomic mass is 32.2. The van der Waals surface area contributed by atoms with Crippen molar-refractivity contribution >= 4 is 21.4 Å². The number of carbonyl (C=O) groups is 1. The van der Waals surface area contributed by atoms with Crippen LogP contribution in [-0.4, -0.2) is 32.9 Å². The molecule has 128 valence electrons. The number of amides is 1. The van der Waals surface area contributed by atoms with Crippen molar-refractivity contribution in [3.05, 3.63) is 60.2 Å². The lowest BCUT2D eigenvalue weighted by molar-refractivity contribution is -0.113. The van der Waals surface area contributed by atoms with Crippen LogP contribution in [0.2, 0.25) is 0 Å². The number of methoxy groups -OCH3 is 1. The number of benzene rings is 2. The van der Waals surface area contributed by atoms with Gasteiger partial charge in [-0.2, -0.15) is 0 Å². The van der Waals surface area contributed by atoms with Crippen LogP contribution in [0, 0.1) is 0 Å². The van der Waals surface area contributed by atoms with E-state index in [0.29, 0.717) is 24.3 Å². The summed E-state index contributed by atoms with van der Waals surface area (Å²) in [7, 11) is -1.90. The summed E-state index contributed by atoms with van der Waals surface area (Å²) < 4.78 is 29.2. The van der Waals surface area contributed by atoms with Crippen LogP contribution >= 0.6 is 0 Å². The predicted octanol–water partition coefficient (Wildman–Crippen LogP) is 2.68. The van der Waals surface area contributed by atoms with Gasteiger partial charge in [0, 0.05) is 11.8 Å². The second-order valence-electron chi connectivity index (χ2n) is 5.46. The van der Waals surface area contributed by atoms with Gasteiger partial charge in [0.15, 0.2) is 9.84 Å². The summed E-state index contributed by atoms with van der Waals surface area (Å²) in [5.74, 6) is -0.464. The van der Waals surface area contributed by atoms with Gasteiger partial charge in [0.05, 0.1) is 12.9 Å². The van der Waals surface area contributed by atoms with Crippen LogP contribution in [0.1, 0.15) is 12.0 Å². The molecule has 0 saturated heterocycles. The van der Waals surface area contributed by atoms with E-state index in [0.717, 1.165) is 5.56 Å². The quantitative estimate of drug-likeness (QED) is 0.797. The van der Waals surface area contributed by atoms with E-state index in [1.807, 2.05) is 30.3 Å². The maximum atomic E-state index is 12.1. The Morgan fingerprint density at radius 2 is 1.83 bits per heavy atom. The summed E-state index contributed by atoms with van der Waals surface area (Å²) in [4.78, 5) is 11.9. The van der Waals surface area contributed by atoms with Crippen molar-refractivity contribution in [2.75, 3.05) is 23.9 Å². The van der Waals surface area contributed by atoms with E-state index in [1.165, 1.54) is 7.11 Å². The fourth-order valence-electron chi connectivity index (χ4n) is 2.31. The summed E-state index contributed by atoms with van der Waals surface area (Å²) in [6.07, 6.45) is 1.18. The molecule has 0 aromatic heterocycles. The zero-order valence-corrected chi connectivity index (χ0v) is 14.4. The smallest absolute Gasteiger partial charge is 0.239 e. The van der Waals surface area contributed by atoms with Gasteiger partial charge in [-0.3, -0.25) is 4.79 Å². The molecule has 0 bridgehead atoms. The van der Waals surface area contributed by atoms with Crippen molar-refractivity contribution in [2.45, 2.75) is 12.8 Å². The Morgan fingerprint density at radius 1 is 1.08 bits per heavy atom. The molecule has 0 atom stereocenters. The monoisotopic (exact) mass is 347 g/mol. The van der Waals surface area contributed by atoms with Crippen LogP contribution in [0.25, 0.3) is 0 Å². The molecule has 0 aliphatic rings. The topological polar surface area (TPSA) is 72.5 Å². The highest BCUT2D eigenvalue weighted by molar-refractivity contribution is 7.92. The maximum absolute atomic E-state index is 12.1. The average Bonchev–Trinajstić information content (AvgIpc) is 2.55. The number of rotatable bonds is 8. The molecule has 6 heteroatoms. The third-order valence-electron chi connectivity index (χ3n) is 3.47. The van der Waals surface area contributed by atoms with Crippen molar-refractivity contribution in [1.82, 2.24) is 0 Å². The molecule has 2 aromatic carbocycles. The first-order valence-corrected chi connectivity index (χ1v) is 9.49. The van der Waals surface area contributed by atoms with Gasteiger partial charge in [-0.05, 0) is 30.5 Å². The Kier molecular flexibility index (Phi) is 6.37. The molecular weight excluding hydrogens is 326 g/mol. The van der Waals surface area contributed by atoms with E-state index < -0.39 is 21.5 Å². The molecule has 0 unspecified atom stereocenters. The summed E-state index contributed by atoms with van der Waals surface area (Å²) in [6, 6.07) is 16.5. The van der Waals surface area contributed by atoms with Gasteiger partial charge in [0.1, 0.15) is 11.5 Å². The minimum absolute atomic E-state index is 0.00652.